The molecule has 8 nitrogen and oxygen atoms in total. The number of hydrogen-bond acceptors (Lipinski definition) is 5. The van der Waals surface area contributed by atoms with Gasteiger partial charge in [0.05, 0.1) is 6.54 Å². The molecule has 2 rings (SSSR count). The number of imide groups is 1. The molecule has 0 unspecified atom stereocenters. The first-order chi connectivity index (χ1) is 13.0. The molecule has 148 valence electrons. The van der Waals surface area contributed by atoms with Crippen LogP contribution in [0.25, 0.3) is 0 Å². The average molecular weight is 376 g/mol. The third kappa shape index (κ3) is 7.36. The maximum Gasteiger partial charge on any atom is 0.325 e. The van der Waals surface area contributed by atoms with Gasteiger partial charge in [-0.3, -0.25) is 19.8 Å². The zero-order chi connectivity index (χ0) is 19.6. The summed E-state index contributed by atoms with van der Waals surface area (Å²) >= 11 is 0. The molecule has 1 aliphatic heterocycles. The quantitative estimate of drug-likeness (QED) is 0.637. The number of amides is 3. The van der Waals surface area contributed by atoms with Crippen LogP contribution in [-0.2, 0) is 9.59 Å². The molecular weight excluding hydrogens is 348 g/mol. The lowest BCUT2D eigenvalue weighted by Gasteiger charge is -2.37. The van der Waals surface area contributed by atoms with E-state index in [1.54, 1.807) is 24.3 Å². The number of carboxylic acid groups (broad SMARTS) is 1. The normalized spacial score (nSPS) is 15.5. The minimum Gasteiger partial charge on any atom is -0.480 e. The third-order valence-electron chi connectivity index (χ3n) is 4.76. The van der Waals surface area contributed by atoms with Gasteiger partial charge >= 0.3 is 12.0 Å². The summed E-state index contributed by atoms with van der Waals surface area (Å²) in [6, 6.07) is 8.69. The van der Waals surface area contributed by atoms with Gasteiger partial charge in [-0.2, -0.15) is 0 Å². The number of nitrogens with one attached hydrogen (secondary N) is 2. The number of carbonyl (C=O) groups excluding carboxylic acids is 2. The Balaban J connectivity index is 1.66. The molecule has 1 fully saturated rings. The summed E-state index contributed by atoms with van der Waals surface area (Å²) in [6.45, 7) is 4.99. The fourth-order valence-electron chi connectivity index (χ4n) is 3.31. The molecule has 0 saturated carbocycles. The number of urea groups is 1. The van der Waals surface area contributed by atoms with Gasteiger partial charge in [0.2, 0.25) is 5.91 Å². The Morgan fingerprint density at radius 1 is 1.19 bits per heavy atom. The summed E-state index contributed by atoms with van der Waals surface area (Å²) in [4.78, 5) is 38.9. The topological polar surface area (TPSA) is 102 Å². The number of carboxylic acids is 1. The highest BCUT2D eigenvalue weighted by Crippen LogP contribution is 2.16. The lowest BCUT2D eigenvalue weighted by molar-refractivity contribution is -0.139. The summed E-state index contributed by atoms with van der Waals surface area (Å²) in [5, 5.41) is 13.9. The molecule has 1 aromatic carbocycles. The van der Waals surface area contributed by atoms with Crippen molar-refractivity contribution in [1.29, 1.82) is 0 Å². The summed E-state index contributed by atoms with van der Waals surface area (Å²) in [5.41, 5.74) is 0.631. The number of benzene rings is 1. The van der Waals surface area contributed by atoms with Crippen LogP contribution in [0.5, 0.6) is 0 Å². The fourth-order valence-corrected chi connectivity index (χ4v) is 3.31. The summed E-state index contributed by atoms with van der Waals surface area (Å²) in [6.07, 6.45) is 2.02. The van der Waals surface area contributed by atoms with E-state index in [1.807, 2.05) is 17.9 Å². The van der Waals surface area contributed by atoms with Crippen molar-refractivity contribution < 1.29 is 19.5 Å². The number of carbonyl (C=O) groups is 3. The minimum absolute atomic E-state index is 0.0695. The van der Waals surface area contributed by atoms with E-state index in [4.69, 9.17) is 5.11 Å². The molecule has 8 heteroatoms. The van der Waals surface area contributed by atoms with Gasteiger partial charge in [0.15, 0.2) is 0 Å². The molecule has 0 radical (unpaired) electrons. The molecule has 1 heterocycles. The van der Waals surface area contributed by atoms with Crippen LogP contribution in [0.2, 0.25) is 0 Å². The average Bonchev–Trinajstić information content (AvgIpc) is 2.65. The predicted molar refractivity (Wildman–Crippen MR) is 103 cm³/mol. The van der Waals surface area contributed by atoms with Crippen molar-refractivity contribution in [3.63, 3.8) is 0 Å². The lowest BCUT2D eigenvalue weighted by atomic mass is 10.0. The van der Waals surface area contributed by atoms with E-state index < -0.39 is 12.0 Å². The van der Waals surface area contributed by atoms with Crippen molar-refractivity contribution in [2.24, 2.45) is 0 Å². The number of piperidine rings is 1. The van der Waals surface area contributed by atoms with E-state index in [1.165, 1.54) is 0 Å². The smallest absolute Gasteiger partial charge is 0.325 e. The largest absolute Gasteiger partial charge is 0.480 e. The van der Waals surface area contributed by atoms with Crippen molar-refractivity contribution in [3.05, 3.63) is 30.3 Å². The Morgan fingerprint density at radius 3 is 2.44 bits per heavy atom. The molecule has 0 bridgehead atoms. The maximum absolute atomic E-state index is 12.0. The standard InChI is InChI=1S/C19H28N4O4/c1-2-23(14-18(25)26)16-8-11-22(12-9-16)13-10-17(24)21-19(27)20-15-6-4-3-5-7-15/h3-7,16H,2,8-14H2,1H3,(H,25,26)(H2,20,21,24,27). The van der Waals surface area contributed by atoms with Crippen LogP contribution < -0.4 is 10.6 Å². The first-order valence-corrected chi connectivity index (χ1v) is 9.32. The predicted octanol–water partition coefficient (Wildman–Crippen LogP) is 1.60. The van der Waals surface area contributed by atoms with Crippen LogP contribution in [0.4, 0.5) is 10.5 Å². The Bertz CT molecular complexity index is 630. The van der Waals surface area contributed by atoms with Gasteiger partial charge < -0.3 is 15.3 Å². The summed E-state index contributed by atoms with van der Waals surface area (Å²) in [7, 11) is 0. The van der Waals surface area contributed by atoms with Gasteiger partial charge in [-0.15, -0.1) is 0 Å². The highest BCUT2D eigenvalue weighted by Gasteiger charge is 2.25. The molecule has 3 amide bonds. The highest BCUT2D eigenvalue weighted by molar-refractivity contribution is 6.01. The van der Waals surface area contributed by atoms with E-state index in [2.05, 4.69) is 15.5 Å². The van der Waals surface area contributed by atoms with E-state index in [-0.39, 0.29) is 24.9 Å². The van der Waals surface area contributed by atoms with Gasteiger partial charge in [-0.1, -0.05) is 25.1 Å². The number of aliphatic carboxylic acids is 1. The number of anilines is 1. The minimum atomic E-state index is -0.801. The number of nitrogens with zero attached hydrogens (tertiary/aromatic N) is 2. The van der Waals surface area contributed by atoms with E-state index in [0.717, 1.165) is 32.5 Å². The Morgan fingerprint density at radius 2 is 1.85 bits per heavy atom. The van der Waals surface area contributed by atoms with Crippen LogP contribution in [0.3, 0.4) is 0 Å². The molecule has 0 spiro atoms. The van der Waals surface area contributed by atoms with Crippen molar-refractivity contribution >= 4 is 23.6 Å². The zero-order valence-corrected chi connectivity index (χ0v) is 15.7. The molecule has 1 aliphatic rings. The monoisotopic (exact) mass is 376 g/mol. The molecule has 0 aliphatic carbocycles. The molecule has 0 aromatic heterocycles. The molecule has 27 heavy (non-hydrogen) atoms. The summed E-state index contributed by atoms with van der Waals surface area (Å²) < 4.78 is 0. The Kier molecular flexibility index (Phi) is 8.22. The Labute approximate surface area is 159 Å². The third-order valence-corrected chi connectivity index (χ3v) is 4.76. The van der Waals surface area contributed by atoms with Crippen LogP contribution in [-0.4, -0.2) is 71.6 Å². The molecule has 1 saturated heterocycles. The van der Waals surface area contributed by atoms with Crippen LogP contribution in [0.15, 0.2) is 30.3 Å². The highest BCUT2D eigenvalue weighted by atomic mass is 16.4. The molecule has 1 aromatic rings. The van der Waals surface area contributed by atoms with Crippen LogP contribution in [0.1, 0.15) is 26.2 Å². The Hall–Kier alpha value is -2.45. The van der Waals surface area contributed by atoms with Gasteiger partial charge in [-0.25, -0.2) is 4.79 Å². The number of para-hydroxylation sites is 1. The van der Waals surface area contributed by atoms with E-state index >= 15 is 0 Å². The van der Waals surface area contributed by atoms with Crippen LogP contribution in [0, 0.1) is 0 Å². The number of likely N-dealkylation sites (N-methyl/N-ethyl adjacent to an activating group) is 1. The zero-order valence-electron chi connectivity index (χ0n) is 15.7. The van der Waals surface area contributed by atoms with Crippen molar-refractivity contribution in [2.45, 2.75) is 32.2 Å². The van der Waals surface area contributed by atoms with Crippen molar-refractivity contribution in [2.75, 3.05) is 38.0 Å². The summed E-state index contributed by atoms with van der Waals surface area (Å²) in [5.74, 6) is -1.11. The first kappa shape index (κ1) is 20.9. The number of hydrogen-bond donors (Lipinski definition) is 3. The van der Waals surface area contributed by atoms with Gasteiger partial charge in [0.25, 0.3) is 0 Å². The second kappa shape index (κ2) is 10.6. The van der Waals surface area contributed by atoms with Crippen molar-refractivity contribution in [1.82, 2.24) is 15.1 Å². The van der Waals surface area contributed by atoms with E-state index in [9.17, 15) is 14.4 Å². The van der Waals surface area contributed by atoms with E-state index in [0.29, 0.717) is 12.2 Å². The second-order valence-corrected chi connectivity index (χ2v) is 6.65. The van der Waals surface area contributed by atoms with Gasteiger partial charge in [0.1, 0.15) is 0 Å². The van der Waals surface area contributed by atoms with Gasteiger partial charge in [0, 0.05) is 24.7 Å². The van der Waals surface area contributed by atoms with Crippen molar-refractivity contribution in [3.8, 4) is 0 Å². The lowest BCUT2D eigenvalue weighted by Crippen LogP contribution is -2.47. The maximum atomic E-state index is 12.0. The SMILES string of the molecule is CCN(CC(=O)O)C1CCN(CCC(=O)NC(=O)Nc2ccccc2)CC1. The number of likely N-dealkylation sites (tertiary alicyclic amines) is 1. The second-order valence-electron chi connectivity index (χ2n) is 6.65. The van der Waals surface area contributed by atoms with Gasteiger partial charge in [-0.05, 0) is 44.6 Å². The van der Waals surface area contributed by atoms with Crippen LogP contribution >= 0.6 is 0 Å². The molecule has 0 atom stereocenters. The fraction of sp³-hybridized carbons (Fsp3) is 0.526. The number of rotatable bonds is 8. The molecule has 3 N–H and O–H groups in total. The molecular formula is C19H28N4O4. The first-order valence-electron chi connectivity index (χ1n) is 9.32.